The lowest BCUT2D eigenvalue weighted by molar-refractivity contribution is -0.380. The van der Waals surface area contributed by atoms with Gasteiger partial charge in [0.15, 0.2) is 4.34 Å². The molecule has 0 saturated heterocycles. The minimum absolute atomic E-state index is 0.148. The van der Waals surface area contributed by atoms with E-state index < -0.39 is 4.92 Å². The molecule has 0 amide bonds. The van der Waals surface area contributed by atoms with Crippen molar-refractivity contribution in [3.05, 3.63) is 15.8 Å². The van der Waals surface area contributed by atoms with E-state index >= 15 is 0 Å². The van der Waals surface area contributed by atoms with Crippen molar-refractivity contribution in [3.63, 3.8) is 0 Å². The second-order valence-corrected chi connectivity index (χ2v) is 3.86. The van der Waals surface area contributed by atoms with Crippen LogP contribution in [0.15, 0.2) is 4.34 Å². The van der Waals surface area contributed by atoms with E-state index in [1.165, 1.54) is 11.8 Å². The first kappa shape index (κ1) is 8.48. The molecule has 0 N–H and O–H groups in total. The van der Waals surface area contributed by atoms with Gasteiger partial charge in [0.25, 0.3) is 0 Å². The number of nitro groups is 1. The monoisotopic (exact) mass is 190 g/mol. The van der Waals surface area contributed by atoms with Crippen molar-refractivity contribution in [2.75, 3.05) is 6.26 Å². The summed E-state index contributed by atoms with van der Waals surface area (Å²) in [5.41, 5.74) is 0.504. The van der Waals surface area contributed by atoms with Gasteiger partial charge >= 0.3 is 5.00 Å². The van der Waals surface area contributed by atoms with Crippen LogP contribution in [0.1, 0.15) is 5.69 Å². The molecule has 1 aromatic heterocycles. The second-order valence-electron chi connectivity index (χ2n) is 1.83. The number of hydrogen-bond donors (Lipinski definition) is 0. The molecule has 4 nitrogen and oxygen atoms in total. The smallest absolute Gasteiger partial charge is 0.257 e. The Bertz CT molecular complexity index is 284. The molecule has 0 aliphatic rings. The van der Waals surface area contributed by atoms with Crippen LogP contribution in [-0.4, -0.2) is 16.2 Å². The fraction of sp³-hybridized carbons (Fsp3) is 0.400. The molecule has 0 bridgehead atoms. The summed E-state index contributed by atoms with van der Waals surface area (Å²) in [6.45, 7) is 1.65. The van der Waals surface area contributed by atoms with Crippen molar-refractivity contribution in [2.45, 2.75) is 11.3 Å². The van der Waals surface area contributed by atoms with Gasteiger partial charge in [-0.15, -0.1) is 0 Å². The minimum Gasteiger partial charge on any atom is -0.257 e. The molecule has 0 aromatic carbocycles. The van der Waals surface area contributed by atoms with Crippen LogP contribution in [0.4, 0.5) is 5.00 Å². The molecule has 0 fully saturated rings. The SMILES string of the molecule is CSc1nc(C)c([N+](=O)[O-])s1. The Morgan fingerprint density at radius 2 is 2.36 bits per heavy atom. The summed E-state index contributed by atoms with van der Waals surface area (Å²) in [4.78, 5) is 13.9. The van der Waals surface area contributed by atoms with Gasteiger partial charge in [-0.3, -0.25) is 10.1 Å². The van der Waals surface area contributed by atoms with Gasteiger partial charge in [0.05, 0.1) is 4.92 Å². The summed E-state index contributed by atoms with van der Waals surface area (Å²) < 4.78 is 0.745. The average molecular weight is 190 g/mol. The van der Waals surface area contributed by atoms with E-state index in [-0.39, 0.29) is 5.00 Å². The Morgan fingerprint density at radius 3 is 2.64 bits per heavy atom. The van der Waals surface area contributed by atoms with E-state index in [1.54, 1.807) is 6.92 Å². The van der Waals surface area contributed by atoms with Crippen molar-refractivity contribution in [3.8, 4) is 0 Å². The Hall–Kier alpha value is -0.620. The van der Waals surface area contributed by atoms with Gasteiger partial charge in [-0.05, 0) is 24.5 Å². The Balaban J connectivity index is 3.07. The molecule has 60 valence electrons. The highest BCUT2D eigenvalue weighted by Gasteiger charge is 2.16. The molecule has 0 unspecified atom stereocenters. The molecule has 1 aromatic rings. The summed E-state index contributed by atoms with van der Waals surface area (Å²) in [6.07, 6.45) is 1.85. The molecule has 0 spiro atoms. The maximum Gasteiger partial charge on any atom is 0.347 e. The number of hydrogen-bond acceptors (Lipinski definition) is 5. The fourth-order valence-corrected chi connectivity index (χ4v) is 2.04. The first-order valence-electron chi connectivity index (χ1n) is 2.81. The molecule has 0 atom stereocenters. The van der Waals surface area contributed by atoms with E-state index in [1.807, 2.05) is 6.26 Å². The number of rotatable bonds is 2. The van der Waals surface area contributed by atoms with Crippen LogP contribution in [0.3, 0.4) is 0 Å². The van der Waals surface area contributed by atoms with Crippen LogP contribution in [-0.2, 0) is 0 Å². The van der Waals surface area contributed by atoms with Gasteiger partial charge < -0.3 is 0 Å². The first-order valence-corrected chi connectivity index (χ1v) is 4.85. The minimum atomic E-state index is -0.396. The van der Waals surface area contributed by atoms with E-state index in [2.05, 4.69) is 4.98 Å². The lowest BCUT2D eigenvalue weighted by Gasteiger charge is -1.81. The standard InChI is InChI=1S/C5H6N2O2S2/c1-3-4(7(8)9)11-5(6-3)10-2/h1-2H3. The zero-order chi connectivity index (χ0) is 8.43. The predicted octanol–water partition coefficient (Wildman–Crippen LogP) is 2.08. The maximum atomic E-state index is 10.3. The zero-order valence-corrected chi connectivity index (χ0v) is 7.66. The average Bonchev–Trinajstić information content (AvgIpc) is 2.30. The van der Waals surface area contributed by atoms with Crippen molar-refractivity contribution in [1.29, 1.82) is 0 Å². The van der Waals surface area contributed by atoms with Crippen LogP contribution in [0.5, 0.6) is 0 Å². The summed E-state index contributed by atoms with van der Waals surface area (Å²) in [7, 11) is 0. The van der Waals surface area contributed by atoms with Crippen molar-refractivity contribution >= 4 is 28.1 Å². The zero-order valence-electron chi connectivity index (χ0n) is 6.03. The molecule has 1 rings (SSSR count). The van der Waals surface area contributed by atoms with Gasteiger partial charge in [-0.2, -0.15) is 0 Å². The Labute approximate surface area is 71.8 Å². The second kappa shape index (κ2) is 3.19. The predicted molar refractivity (Wildman–Crippen MR) is 45.3 cm³/mol. The molecule has 0 radical (unpaired) electrons. The summed E-state index contributed by atoms with van der Waals surface area (Å²) in [5, 5.41) is 10.5. The lowest BCUT2D eigenvalue weighted by atomic mass is 10.5. The van der Waals surface area contributed by atoms with Gasteiger partial charge in [-0.1, -0.05) is 11.8 Å². The molecule has 6 heteroatoms. The molecule has 0 saturated carbocycles. The van der Waals surface area contributed by atoms with Gasteiger partial charge in [0.2, 0.25) is 0 Å². The number of nitrogens with zero attached hydrogens (tertiary/aromatic N) is 2. The third-order valence-corrected chi connectivity index (χ3v) is 3.19. The van der Waals surface area contributed by atoms with Crippen molar-refractivity contribution in [1.82, 2.24) is 4.98 Å². The lowest BCUT2D eigenvalue weighted by Crippen LogP contribution is -1.85. The Morgan fingerprint density at radius 1 is 1.73 bits per heavy atom. The van der Waals surface area contributed by atoms with Gasteiger partial charge in [-0.25, -0.2) is 4.98 Å². The van der Waals surface area contributed by atoms with Crippen molar-refractivity contribution < 1.29 is 4.92 Å². The van der Waals surface area contributed by atoms with Crippen LogP contribution in [0.2, 0.25) is 0 Å². The summed E-state index contributed by atoms with van der Waals surface area (Å²) in [5.74, 6) is 0. The largest absolute Gasteiger partial charge is 0.347 e. The molecule has 1 heterocycles. The molecule has 11 heavy (non-hydrogen) atoms. The molecule has 0 aliphatic carbocycles. The summed E-state index contributed by atoms with van der Waals surface area (Å²) >= 11 is 2.54. The quantitative estimate of drug-likeness (QED) is 0.407. The van der Waals surface area contributed by atoms with Crippen LogP contribution in [0.25, 0.3) is 0 Å². The van der Waals surface area contributed by atoms with E-state index in [0.29, 0.717) is 5.69 Å². The van der Waals surface area contributed by atoms with E-state index in [9.17, 15) is 10.1 Å². The van der Waals surface area contributed by atoms with Crippen LogP contribution >= 0.6 is 23.1 Å². The maximum absolute atomic E-state index is 10.3. The third-order valence-electron chi connectivity index (χ3n) is 1.09. The van der Waals surface area contributed by atoms with Crippen LogP contribution < -0.4 is 0 Å². The molecular weight excluding hydrogens is 184 g/mol. The van der Waals surface area contributed by atoms with Crippen LogP contribution in [0, 0.1) is 17.0 Å². The first-order chi connectivity index (χ1) is 5.15. The number of aromatic nitrogens is 1. The van der Waals surface area contributed by atoms with Gasteiger partial charge in [0.1, 0.15) is 5.69 Å². The van der Waals surface area contributed by atoms with E-state index in [4.69, 9.17) is 0 Å². The number of aryl methyl sites for hydroxylation is 1. The number of thiazole rings is 1. The normalized spacial score (nSPS) is 10.0. The summed E-state index contributed by atoms with van der Waals surface area (Å²) in [6, 6.07) is 0. The molecule has 0 aliphatic heterocycles. The third kappa shape index (κ3) is 1.69. The number of thioether (sulfide) groups is 1. The highest BCUT2D eigenvalue weighted by Crippen LogP contribution is 2.30. The topological polar surface area (TPSA) is 56.0 Å². The Kier molecular flexibility index (Phi) is 2.45. The van der Waals surface area contributed by atoms with E-state index in [0.717, 1.165) is 15.7 Å². The molecular formula is C5H6N2O2S2. The highest BCUT2D eigenvalue weighted by molar-refractivity contribution is 8.00. The fourth-order valence-electron chi connectivity index (χ4n) is 0.621. The van der Waals surface area contributed by atoms with Crippen molar-refractivity contribution in [2.24, 2.45) is 0 Å². The van der Waals surface area contributed by atoms with Gasteiger partial charge in [0, 0.05) is 0 Å². The highest BCUT2D eigenvalue weighted by atomic mass is 32.2.